The summed E-state index contributed by atoms with van der Waals surface area (Å²) in [7, 11) is 1.48. The standard InChI is InChI=1S/C28H28ClFN6O3/c1-4-36(5-2)19-8-6-17(26(37)13-19)16-32-35-28(38)34-25-14-20-23(10-11-31-24(20)15-27(25)39-3)33-18-7-9-22(30)21(29)12-18/h6-16,37H,4-5H2,1-3H3,(H,31,33)(H2,34,35,38)/b32-16+. The third-order valence-electron chi connectivity index (χ3n) is 6.02. The normalized spacial score (nSPS) is 11.0. The molecule has 0 atom stereocenters. The molecule has 4 rings (SSSR count). The molecule has 0 unspecified atom stereocenters. The van der Waals surface area contributed by atoms with Crippen molar-refractivity contribution in [3.63, 3.8) is 0 Å². The van der Waals surface area contributed by atoms with Gasteiger partial charge in [-0.2, -0.15) is 5.10 Å². The van der Waals surface area contributed by atoms with Crippen molar-refractivity contribution in [3.8, 4) is 11.5 Å². The zero-order valence-corrected chi connectivity index (χ0v) is 22.4. The molecule has 0 saturated carbocycles. The van der Waals surface area contributed by atoms with Gasteiger partial charge in [0.2, 0.25) is 0 Å². The summed E-state index contributed by atoms with van der Waals surface area (Å²) in [6.45, 7) is 5.71. The number of urea groups is 1. The number of ether oxygens (including phenoxy) is 1. The number of anilines is 4. The second-order valence-electron chi connectivity index (χ2n) is 8.42. The summed E-state index contributed by atoms with van der Waals surface area (Å²) in [6.07, 6.45) is 2.98. The monoisotopic (exact) mass is 550 g/mol. The first-order valence-electron chi connectivity index (χ1n) is 12.2. The van der Waals surface area contributed by atoms with E-state index in [0.29, 0.717) is 39.3 Å². The highest BCUT2D eigenvalue weighted by Crippen LogP contribution is 2.34. The van der Waals surface area contributed by atoms with Crippen molar-refractivity contribution in [1.82, 2.24) is 10.4 Å². The molecule has 0 fully saturated rings. The minimum Gasteiger partial charge on any atom is -0.507 e. The Balaban J connectivity index is 1.51. The fourth-order valence-corrected chi connectivity index (χ4v) is 4.20. The molecular formula is C28H28ClFN6O3. The Hall–Kier alpha value is -4.57. The number of benzene rings is 3. The molecule has 0 radical (unpaired) electrons. The smallest absolute Gasteiger partial charge is 0.339 e. The molecule has 4 aromatic rings. The minimum atomic E-state index is -0.619. The maximum Gasteiger partial charge on any atom is 0.339 e. The third-order valence-corrected chi connectivity index (χ3v) is 6.31. The van der Waals surface area contributed by atoms with Crippen LogP contribution in [-0.2, 0) is 0 Å². The van der Waals surface area contributed by atoms with E-state index in [9.17, 15) is 14.3 Å². The highest BCUT2D eigenvalue weighted by Gasteiger charge is 2.13. The lowest BCUT2D eigenvalue weighted by Gasteiger charge is -2.21. The largest absolute Gasteiger partial charge is 0.507 e. The Morgan fingerprint density at radius 1 is 1.13 bits per heavy atom. The number of rotatable bonds is 9. The number of aromatic nitrogens is 1. The fraction of sp³-hybridized carbons (Fsp3) is 0.179. The summed E-state index contributed by atoms with van der Waals surface area (Å²) >= 11 is 5.92. The van der Waals surface area contributed by atoms with E-state index in [1.165, 1.54) is 25.5 Å². The van der Waals surface area contributed by atoms with Crippen LogP contribution in [0.1, 0.15) is 19.4 Å². The van der Waals surface area contributed by atoms with E-state index in [0.717, 1.165) is 18.8 Å². The molecule has 0 aliphatic heterocycles. The van der Waals surface area contributed by atoms with Gasteiger partial charge in [0.25, 0.3) is 0 Å². The average molecular weight is 551 g/mol. The zero-order valence-electron chi connectivity index (χ0n) is 21.6. The first kappa shape index (κ1) is 27.5. The van der Waals surface area contributed by atoms with Crippen LogP contribution in [0.2, 0.25) is 5.02 Å². The van der Waals surface area contributed by atoms with Crippen LogP contribution in [0.25, 0.3) is 10.9 Å². The fourth-order valence-electron chi connectivity index (χ4n) is 4.02. The summed E-state index contributed by atoms with van der Waals surface area (Å²) in [4.78, 5) is 19.1. The molecule has 3 aromatic carbocycles. The predicted molar refractivity (Wildman–Crippen MR) is 154 cm³/mol. The van der Waals surface area contributed by atoms with Crippen LogP contribution < -0.4 is 25.7 Å². The van der Waals surface area contributed by atoms with Crippen LogP contribution in [0, 0.1) is 5.82 Å². The van der Waals surface area contributed by atoms with Gasteiger partial charge in [-0.15, -0.1) is 0 Å². The van der Waals surface area contributed by atoms with Gasteiger partial charge >= 0.3 is 6.03 Å². The van der Waals surface area contributed by atoms with Crippen molar-refractivity contribution < 1.29 is 19.0 Å². The molecule has 0 aliphatic carbocycles. The van der Waals surface area contributed by atoms with Crippen molar-refractivity contribution in [3.05, 3.63) is 77.2 Å². The van der Waals surface area contributed by atoms with E-state index in [1.807, 2.05) is 19.9 Å². The van der Waals surface area contributed by atoms with Gasteiger partial charge in [0.15, 0.2) is 0 Å². The summed E-state index contributed by atoms with van der Waals surface area (Å²) in [5.74, 6) is -0.0733. The number of fused-ring (bicyclic) bond motifs is 1. The van der Waals surface area contributed by atoms with Crippen molar-refractivity contribution in [2.45, 2.75) is 13.8 Å². The molecule has 202 valence electrons. The van der Waals surface area contributed by atoms with Crippen LogP contribution in [0.4, 0.5) is 31.9 Å². The lowest BCUT2D eigenvalue weighted by Crippen LogP contribution is -2.24. The highest BCUT2D eigenvalue weighted by molar-refractivity contribution is 6.31. The van der Waals surface area contributed by atoms with Crippen molar-refractivity contribution in [2.24, 2.45) is 5.10 Å². The van der Waals surface area contributed by atoms with Crippen molar-refractivity contribution in [2.75, 3.05) is 35.7 Å². The number of amides is 2. The number of halogens is 2. The Labute approximate surface area is 230 Å². The molecule has 1 heterocycles. The van der Waals surface area contributed by atoms with E-state index in [4.69, 9.17) is 16.3 Å². The van der Waals surface area contributed by atoms with Gasteiger partial charge in [0, 0.05) is 59.4 Å². The van der Waals surface area contributed by atoms with E-state index < -0.39 is 11.8 Å². The van der Waals surface area contributed by atoms with Gasteiger partial charge < -0.3 is 25.4 Å². The average Bonchev–Trinajstić information content (AvgIpc) is 2.92. The molecule has 1 aromatic heterocycles. The lowest BCUT2D eigenvalue weighted by molar-refractivity contribution is 0.252. The van der Waals surface area contributed by atoms with Gasteiger partial charge in [-0.05, 0) is 56.3 Å². The first-order chi connectivity index (χ1) is 18.8. The van der Waals surface area contributed by atoms with Gasteiger partial charge in [-0.1, -0.05) is 11.6 Å². The molecular weight excluding hydrogens is 523 g/mol. The minimum absolute atomic E-state index is 0.00670. The van der Waals surface area contributed by atoms with Crippen LogP contribution in [0.15, 0.2) is 65.9 Å². The summed E-state index contributed by atoms with van der Waals surface area (Å²) in [5, 5.41) is 20.9. The van der Waals surface area contributed by atoms with E-state index in [2.05, 4.69) is 31.0 Å². The first-order valence-corrected chi connectivity index (χ1v) is 12.6. The van der Waals surface area contributed by atoms with Crippen LogP contribution >= 0.6 is 11.6 Å². The number of nitrogens with zero attached hydrogens (tertiary/aromatic N) is 3. The van der Waals surface area contributed by atoms with Crippen LogP contribution in [0.3, 0.4) is 0 Å². The van der Waals surface area contributed by atoms with Crippen LogP contribution in [-0.4, -0.2) is 42.5 Å². The Bertz CT molecular complexity index is 1530. The van der Waals surface area contributed by atoms with E-state index in [1.54, 1.807) is 42.6 Å². The molecule has 4 N–H and O–H groups in total. The number of phenolic OH excluding ortho intramolecular Hbond substituents is 1. The number of carbonyl (C=O) groups excluding carboxylic acids is 1. The SMILES string of the molecule is CCN(CC)c1ccc(/C=N/NC(=O)Nc2cc3c(Nc4ccc(F)c(Cl)c4)ccnc3cc2OC)c(O)c1. The number of hydrogen-bond donors (Lipinski definition) is 4. The number of phenols is 1. The maximum absolute atomic E-state index is 13.6. The number of nitrogens with one attached hydrogen (secondary N) is 3. The number of methoxy groups -OCH3 is 1. The summed E-state index contributed by atoms with van der Waals surface area (Å²) in [6, 6.07) is 14.1. The lowest BCUT2D eigenvalue weighted by atomic mass is 10.1. The number of hydrazone groups is 1. The summed E-state index contributed by atoms with van der Waals surface area (Å²) < 4.78 is 19.0. The van der Waals surface area contributed by atoms with Gasteiger partial charge in [-0.25, -0.2) is 14.6 Å². The van der Waals surface area contributed by atoms with Crippen molar-refractivity contribution >= 4 is 57.5 Å². The van der Waals surface area contributed by atoms with Gasteiger partial charge in [0.1, 0.15) is 17.3 Å². The highest BCUT2D eigenvalue weighted by atomic mass is 35.5. The maximum atomic E-state index is 13.6. The van der Waals surface area contributed by atoms with E-state index in [-0.39, 0.29) is 10.8 Å². The second kappa shape index (κ2) is 12.3. The second-order valence-corrected chi connectivity index (χ2v) is 8.83. The Morgan fingerprint density at radius 2 is 1.92 bits per heavy atom. The molecule has 0 saturated heterocycles. The molecule has 2 amide bonds. The predicted octanol–water partition coefficient (Wildman–Crippen LogP) is 6.49. The third kappa shape index (κ3) is 6.47. The zero-order chi connectivity index (χ0) is 27.9. The van der Waals surface area contributed by atoms with E-state index >= 15 is 0 Å². The Morgan fingerprint density at radius 3 is 2.62 bits per heavy atom. The van der Waals surface area contributed by atoms with Crippen molar-refractivity contribution in [1.29, 1.82) is 0 Å². The molecule has 9 nitrogen and oxygen atoms in total. The summed E-state index contributed by atoms with van der Waals surface area (Å²) in [5.41, 5.74) is 5.97. The molecule has 0 aliphatic rings. The molecule has 39 heavy (non-hydrogen) atoms. The van der Waals surface area contributed by atoms with Gasteiger partial charge in [0.05, 0.1) is 29.6 Å². The van der Waals surface area contributed by atoms with Gasteiger partial charge in [-0.3, -0.25) is 4.98 Å². The topological polar surface area (TPSA) is 111 Å². The molecule has 0 spiro atoms. The van der Waals surface area contributed by atoms with Crippen LogP contribution in [0.5, 0.6) is 11.5 Å². The Kier molecular flexibility index (Phi) is 8.67. The number of hydrogen-bond acceptors (Lipinski definition) is 7. The number of pyridine rings is 1. The quantitative estimate of drug-likeness (QED) is 0.140. The number of aromatic hydroxyl groups is 1. The molecule has 11 heteroatoms. The molecule has 0 bridgehead atoms. The number of carbonyl (C=O) groups is 1.